The highest BCUT2D eigenvalue weighted by Gasteiger charge is 2.07. The molecule has 4 heteroatoms. The minimum absolute atomic E-state index is 0.337. The van der Waals surface area contributed by atoms with Crippen LogP contribution >= 0.6 is 0 Å². The Labute approximate surface area is 86.2 Å². The molecule has 0 fully saturated rings. The molecule has 1 heterocycles. The van der Waals surface area contributed by atoms with Crippen LogP contribution in [0.15, 0.2) is 24.8 Å². The summed E-state index contributed by atoms with van der Waals surface area (Å²) in [5.41, 5.74) is 0.637. The smallest absolute Gasteiger partial charge is 0.224 e. The number of aromatic nitrogens is 2. The SMILES string of the molecule is C=Cc1nc(OC)c2cc(F)ccc2n1. The maximum atomic E-state index is 13.0. The average Bonchev–Trinajstić information content (AvgIpc) is 2.27. The molecule has 2 rings (SSSR count). The van der Waals surface area contributed by atoms with E-state index in [1.54, 1.807) is 6.07 Å². The molecule has 0 radical (unpaired) electrons. The largest absolute Gasteiger partial charge is 0.480 e. The van der Waals surface area contributed by atoms with E-state index in [4.69, 9.17) is 4.74 Å². The summed E-state index contributed by atoms with van der Waals surface area (Å²) in [7, 11) is 1.49. The molecule has 0 aliphatic heterocycles. The fourth-order valence-electron chi connectivity index (χ4n) is 1.34. The van der Waals surface area contributed by atoms with Gasteiger partial charge in [0.2, 0.25) is 5.88 Å². The summed E-state index contributed by atoms with van der Waals surface area (Å²) < 4.78 is 18.1. The molecule has 0 N–H and O–H groups in total. The van der Waals surface area contributed by atoms with Gasteiger partial charge in [-0.1, -0.05) is 6.58 Å². The summed E-state index contributed by atoms with van der Waals surface area (Å²) in [5, 5.41) is 0.558. The van der Waals surface area contributed by atoms with Crippen molar-refractivity contribution >= 4 is 17.0 Å². The standard InChI is InChI=1S/C11H9FN2O/c1-3-10-13-9-5-4-7(12)6-8(9)11(14-10)15-2/h3-6H,1H2,2H3. The van der Waals surface area contributed by atoms with Gasteiger partial charge in [0.05, 0.1) is 18.0 Å². The quantitative estimate of drug-likeness (QED) is 0.753. The Balaban J connectivity index is 2.80. The molecule has 0 aliphatic rings. The van der Waals surface area contributed by atoms with Gasteiger partial charge >= 0.3 is 0 Å². The number of fused-ring (bicyclic) bond motifs is 1. The Hall–Kier alpha value is -1.97. The Morgan fingerprint density at radius 3 is 2.87 bits per heavy atom. The summed E-state index contributed by atoms with van der Waals surface area (Å²) in [6.07, 6.45) is 1.52. The van der Waals surface area contributed by atoms with Gasteiger partial charge in [-0.2, -0.15) is 4.98 Å². The molecule has 0 saturated carbocycles. The van der Waals surface area contributed by atoms with Gasteiger partial charge in [0.25, 0.3) is 0 Å². The van der Waals surface area contributed by atoms with E-state index >= 15 is 0 Å². The highest BCUT2D eigenvalue weighted by atomic mass is 19.1. The molecule has 3 nitrogen and oxygen atoms in total. The first-order chi connectivity index (χ1) is 7.24. The van der Waals surface area contributed by atoms with Crippen molar-refractivity contribution in [3.63, 3.8) is 0 Å². The monoisotopic (exact) mass is 204 g/mol. The number of rotatable bonds is 2. The van der Waals surface area contributed by atoms with Crippen LogP contribution in [-0.2, 0) is 0 Å². The van der Waals surface area contributed by atoms with Gasteiger partial charge in [-0.05, 0) is 24.3 Å². The summed E-state index contributed by atoms with van der Waals surface area (Å²) >= 11 is 0. The van der Waals surface area contributed by atoms with Crippen molar-refractivity contribution in [1.82, 2.24) is 9.97 Å². The van der Waals surface area contributed by atoms with Crippen molar-refractivity contribution in [3.8, 4) is 5.88 Å². The van der Waals surface area contributed by atoms with Crippen LogP contribution in [0.1, 0.15) is 5.82 Å². The van der Waals surface area contributed by atoms with Crippen LogP contribution < -0.4 is 4.74 Å². The number of methoxy groups -OCH3 is 1. The Morgan fingerprint density at radius 1 is 1.40 bits per heavy atom. The topological polar surface area (TPSA) is 35.0 Å². The normalized spacial score (nSPS) is 10.3. The lowest BCUT2D eigenvalue weighted by atomic mass is 10.2. The van der Waals surface area contributed by atoms with Crippen LogP contribution in [0.5, 0.6) is 5.88 Å². The molecule has 0 unspecified atom stereocenters. The van der Waals surface area contributed by atoms with E-state index in [1.165, 1.54) is 25.3 Å². The molecule has 0 bridgehead atoms. The molecule has 0 spiro atoms. The first-order valence-corrected chi connectivity index (χ1v) is 4.38. The van der Waals surface area contributed by atoms with Crippen molar-refractivity contribution < 1.29 is 9.13 Å². The molecular weight excluding hydrogens is 195 g/mol. The molecule has 0 atom stereocenters. The number of nitrogens with zero attached hydrogens (tertiary/aromatic N) is 2. The molecule has 2 aromatic rings. The number of hydrogen-bond acceptors (Lipinski definition) is 3. The lowest BCUT2D eigenvalue weighted by molar-refractivity contribution is 0.402. The molecule has 0 saturated heterocycles. The van der Waals surface area contributed by atoms with Crippen LogP contribution in [0.2, 0.25) is 0 Å². The second-order valence-electron chi connectivity index (χ2n) is 2.96. The predicted octanol–water partition coefficient (Wildman–Crippen LogP) is 2.42. The minimum Gasteiger partial charge on any atom is -0.480 e. The van der Waals surface area contributed by atoms with E-state index in [0.717, 1.165) is 0 Å². The fraction of sp³-hybridized carbons (Fsp3) is 0.0909. The van der Waals surface area contributed by atoms with Gasteiger partial charge in [0.1, 0.15) is 5.82 Å². The lowest BCUT2D eigenvalue weighted by Gasteiger charge is -2.04. The molecule has 15 heavy (non-hydrogen) atoms. The molecule has 1 aromatic heterocycles. The van der Waals surface area contributed by atoms with Gasteiger partial charge in [-0.15, -0.1) is 0 Å². The molecule has 76 valence electrons. The molecule has 0 aliphatic carbocycles. The fourth-order valence-corrected chi connectivity index (χ4v) is 1.34. The van der Waals surface area contributed by atoms with E-state index in [-0.39, 0.29) is 5.82 Å². The van der Waals surface area contributed by atoms with Crippen LogP contribution in [0, 0.1) is 5.82 Å². The third kappa shape index (κ3) is 1.66. The number of halogens is 1. The third-order valence-corrected chi connectivity index (χ3v) is 2.02. The summed E-state index contributed by atoms with van der Waals surface area (Å²) in [6, 6.07) is 4.28. The van der Waals surface area contributed by atoms with Crippen molar-refractivity contribution in [3.05, 3.63) is 36.4 Å². The predicted molar refractivity (Wildman–Crippen MR) is 56.1 cm³/mol. The molecular formula is C11H9FN2O. The van der Waals surface area contributed by atoms with Crippen LogP contribution in [0.25, 0.3) is 17.0 Å². The van der Waals surface area contributed by atoms with Gasteiger partial charge in [0.15, 0.2) is 5.82 Å². The first kappa shape index (κ1) is 9.58. The zero-order valence-corrected chi connectivity index (χ0v) is 8.20. The number of benzene rings is 1. The van der Waals surface area contributed by atoms with Crippen molar-refractivity contribution in [2.75, 3.05) is 7.11 Å². The van der Waals surface area contributed by atoms with Crippen molar-refractivity contribution in [2.45, 2.75) is 0 Å². The van der Waals surface area contributed by atoms with Gasteiger partial charge in [-0.25, -0.2) is 9.37 Å². The van der Waals surface area contributed by atoms with Crippen LogP contribution in [0.3, 0.4) is 0 Å². The van der Waals surface area contributed by atoms with Crippen LogP contribution in [-0.4, -0.2) is 17.1 Å². The van der Waals surface area contributed by atoms with E-state index in [1.807, 2.05) is 0 Å². The first-order valence-electron chi connectivity index (χ1n) is 4.38. The molecule has 0 amide bonds. The van der Waals surface area contributed by atoms with E-state index < -0.39 is 0 Å². The second-order valence-corrected chi connectivity index (χ2v) is 2.96. The Bertz CT molecular complexity index is 525. The highest BCUT2D eigenvalue weighted by Crippen LogP contribution is 2.23. The van der Waals surface area contributed by atoms with Gasteiger partial charge in [0, 0.05) is 0 Å². The highest BCUT2D eigenvalue weighted by molar-refractivity contribution is 5.84. The minimum atomic E-state index is -0.337. The zero-order chi connectivity index (χ0) is 10.8. The zero-order valence-electron chi connectivity index (χ0n) is 8.20. The van der Waals surface area contributed by atoms with E-state index in [2.05, 4.69) is 16.5 Å². The maximum Gasteiger partial charge on any atom is 0.224 e. The summed E-state index contributed by atoms with van der Waals surface area (Å²) in [5.74, 6) is 0.483. The third-order valence-electron chi connectivity index (χ3n) is 2.02. The number of hydrogen-bond donors (Lipinski definition) is 0. The van der Waals surface area contributed by atoms with Crippen LogP contribution in [0.4, 0.5) is 4.39 Å². The number of ether oxygens (including phenoxy) is 1. The average molecular weight is 204 g/mol. The maximum absolute atomic E-state index is 13.0. The lowest BCUT2D eigenvalue weighted by Crippen LogP contribution is -1.95. The Morgan fingerprint density at radius 2 is 2.20 bits per heavy atom. The van der Waals surface area contributed by atoms with Crippen molar-refractivity contribution in [1.29, 1.82) is 0 Å². The second kappa shape index (κ2) is 3.65. The molecule has 1 aromatic carbocycles. The summed E-state index contributed by atoms with van der Waals surface area (Å²) in [6.45, 7) is 3.58. The van der Waals surface area contributed by atoms with Gasteiger partial charge < -0.3 is 4.74 Å². The van der Waals surface area contributed by atoms with Crippen molar-refractivity contribution in [2.24, 2.45) is 0 Å². The van der Waals surface area contributed by atoms with E-state index in [9.17, 15) is 4.39 Å². The van der Waals surface area contributed by atoms with E-state index in [0.29, 0.717) is 22.6 Å². The van der Waals surface area contributed by atoms with Gasteiger partial charge in [-0.3, -0.25) is 0 Å². The Kier molecular flexibility index (Phi) is 2.33. The summed E-state index contributed by atoms with van der Waals surface area (Å²) in [4.78, 5) is 8.23.